The van der Waals surface area contributed by atoms with E-state index in [1.54, 1.807) is 18.7 Å². The number of carbonyl (C=O) groups is 2. The number of ether oxygens (including phenoxy) is 2. The van der Waals surface area contributed by atoms with Crippen molar-refractivity contribution in [2.75, 3.05) is 55.9 Å². The first-order valence-corrected chi connectivity index (χ1v) is 14.2. The van der Waals surface area contributed by atoms with Crippen LogP contribution < -0.4 is 25.0 Å². The highest BCUT2D eigenvalue weighted by Crippen LogP contribution is 2.44. The molecular formula is C31H35Cl2FN6O4. The van der Waals surface area contributed by atoms with Gasteiger partial charge in [0.25, 0.3) is 0 Å². The lowest BCUT2D eigenvalue weighted by atomic mass is 10.1. The Hall–Kier alpha value is -4.35. The van der Waals surface area contributed by atoms with Crippen molar-refractivity contribution in [1.29, 1.82) is 0 Å². The fraction of sp³-hybridized carbons (Fsp3) is 0.290. The Morgan fingerprint density at radius 2 is 1.64 bits per heavy atom. The Kier molecular flexibility index (Phi) is 11.9. The van der Waals surface area contributed by atoms with Gasteiger partial charge in [0.05, 0.1) is 41.2 Å². The molecule has 0 radical (unpaired) electrons. The molecule has 2 N–H and O–H groups in total. The van der Waals surface area contributed by atoms with Crippen LogP contribution >= 0.6 is 23.2 Å². The maximum Gasteiger partial charge on any atom is 0.247 e. The van der Waals surface area contributed by atoms with Crippen molar-refractivity contribution < 1.29 is 23.5 Å². The van der Waals surface area contributed by atoms with Crippen molar-refractivity contribution in [3.8, 4) is 11.5 Å². The zero-order valence-electron chi connectivity index (χ0n) is 25.3. The van der Waals surface area contributed by atoms with Crippen LogP contribution in [0.3, 0.4) is 0 Å². The van der Waals surface area contributed by atoms with E-state index in [-0.39, 0.29) is 39.0 Å². The van der Waals surface area contributed by atoms with E-state index in [0.29, 0.717) is 43.1 Å². The number of hydrogen-bond donors (Lipinski definition) is 2. The smallest absolute Gasteiger partial charge is 0.247 e. The maximum atomic E-state index is 15.4. The monoisotopic (exact) mass is 644 g/mol. The molecular weight excluding hydrogens is 610 g/mol. The lowest BCUT2D eigenvalue weighted by molar-refractivity contribution is -0.129. The summed E-state index contributed by atoms with van der Waals surface area (Å²) in [5.74, 6) is -0.595. The second-order valence-corrected chi connectivity index (χ2v) is 10.5. The van der Waals surface area contributed by atoms with Crippen LogP contribution in [0.25, 0.3) is 5.83 Å². The molecule has 13 heteroatoms. The Morgan fingerprint density at radius 1 is 1.02 bits per heavy atom. The molecule has 0 bridgehead atoms. The van der Waals surface area contributed by atoms with E-state index in [1.807, 2.05) is 19.1 Å². The van der Waals surface area contributed by atoms with Crippen molar-refractivity contribution in [3.05, 3.63) is 69.9 Å². The van der Waals surface area contributed by atoms with Crippen molar-refractivity contribution in [2.45, 2.75) is 20.8 Å². The van der Waals surface area contributed by atoms with Crippen LogP contribution in [0.2, 0.25) is 10.0 Å². The summed E-state index contributed by atoms with van der Waals surface area (Å²) in [5, 5.41) is 5.92. The number of rotatable bonds is 9. The fourth-order valence-electron chi connectivity index (χ4n) is 4.47. The SMILES string of the molecule is C=CC(=O)Nc1cc(N2CCN(C(C)=O)CC2)cc(C)c1NC(N=C)=N/C=C(C)/C=C(\F)c1c(Cl)c(OC)cc(OC)c1Cl. The van der Waals surface area contributed by atoms with E-state index >= 15 is 4.39 Å². The first-order valence-electron chi connectivity index (χ1n) is 13.5. The van der Waals surface area contributed by atoms with E-state index < -0.39 is 11.7 Å². The summed E-state index contributed by atoms with van der Waals surface area (Å²) in [6, 6.07) is 5.26. The average Bonchev–Trinajstić information content (AvgIpc) is 3.00. The highest BCUT2D eigenvalue weighted by atomic mass is 35.5. The molecule has 1 heterocycles. The molecule has 2 aromatic rings. The second-order valence-electron chi connectivity index (χ2n) is 9.76. The van der Waals surface area contributed by atoms with Gasteiger partial charge in [0.1, 0.15) is 17.3 Å². The standard InChI is InChI=1S/C31H35Cl2FN6O4/c1-8-26(42)37-23-15-21(40-11-9-39(10-12-40)20(4)41)14-19(3)30(23)38-31(35-5)36-17-18(2)13-22(34)27-28(32)24(43-6)16-25(44-7)29(27)33/h8,13-17H,1,5,9-12H2,2-4,6-7H3,(H,36,38)(H,37,42)/b18-17+,22-13-. The van der Waals surface area contributed by atoms with Crippen LogP contribution in [0.5, 0.6) is 11.5 Å². The van der Waals surface area contributed by atoms with Crippen LogP contribution in [0, 0.1) is 6.92 Å². The van der Waals surface area contributed by atoms with E-state index in [2.05, 4.69) is 38.8 Å². The van der Waals surface area contributed by atoms with Crippen LogP contribution in [0.1, 0.15) is 25.0 Å². The number of guanidine groups is 1. The minimum Gasteiger partial charge on any atom is -0.495 e. The number of piperazine rings is 1. The van der Waals surface area contributed by atoms with Gasteiger partial charge in [-0.15, -0.1) is 0 Å². The molecule has 0 aliphatic carbocycles. The summed E-state index contributed by atoms with van der Waals surface area (Å²) in [6.07, 6.45) is 3.76. The predicted molar refractivity (Wildman–Crippen MR) is 177 cm³/mol. The third-order valence-electron chi connectivity index (χ3n) is 6.80. The largest absolute Gasteiger partial charge is 0.495 e. The number of amides is 2. The van der Waals surface area contributed by atoms with E-state index in [0.717, 1.165) is 11.3 Å². The van der Waals surface area contributed by atoms with Gasteiger partial charge in [0.2, 0.25) is 17.8 Å². The van der Waals surface area contributed by atoms with Gasteiger partial charge in [-0.2, -0.15) is 0 Å². The number of nitrogens with zero attached hydrogens (tertiary/aromatic N) is 4. The summed E-state index contributed by atoms with van der Waals surface area (Å²) in [7, 11) is 2.80. The topological polar surface area (TPSA) is 108 Å². The van der Waals surface area contributed by atoms with Gasteiger partial charge < -0.3 is 29.9 Å². The van der Waals surface area contributed by atoms with Crippen LogP contribution in [0.4, 0.5) is 21.5 Å². The summed E-state index contributed by atoms with van der Waals surface area (Å²) >= 11 is 12.7. The Balaban J connectivity index is 1.93. The lowest BCUT2D eigenvalue weighted by Crippen LogP contribution is -2.48. The molecule has 2 aromatic carbocycles. The molecule has 0 atom stereocenters. The van der Waals surface area contributed by atoms with Gasteiger partial charge in [0, 0.05) is 51.1 Å². The van der Waals surface area contributed by atoms with Crippen molar-refractivity contribution >= 4 is 70.6 Å². The normalized spacial score (nSPS) is 14.2. The van der Waals surface area contributed by atoms with Crippen molar-refractivity contribution in [1.82, 2.24) is 4.90 Å². The Morgan fingerprint density at radius 3 is 2.16 bits per heavy atom. The number of hydrogen-bond acceptors (Lipinski definition) is 6. The molecule has 44 heavy (non-hydrogen) atoms. The van der Waals surface area contributed by atoms with Gasteiger partial charge in [-0.3, -0.25) is 9.59 Å². The minimum absolute atomic E-state index is 0.00720. The van der Waals surface area contributed by atoms with Gasteiger partial charge in [-0.25, -0.2) is 14.4 Å². The first kappa shape index (κ1) is 34.1. The van der Waals surface area contributed by atoms with Gasteiger partial charge in [-0.05, 0) is 56.0 Å². The summed E-state index contributed by atoms with van der Waals surface area (Å²) < 4.78 is 25.8. The quantitative estimate of drug-likeness (QED) is 0.140. The number of carbonyl (C=O) groups excluding carboxylic acids is 2. The van der Waals surface area contributed by atoms with Gasteiger partial charge in [0.15, 0.2) is 0 Å². The Labute approximate surface area is 266 Å². The third-order valence-corrected chi connectivity index (χ3v) is 7.55. The number of benzene rings is 2. The molecule has 0 aromatic heterocycles. The summed E-state index contributed by atoms with van der Waals surface area (Å²) in [6.45, 7) is 14.7. The minimum atomic E-state index is -0.729. The van der Waals surface area contributed by atoms with Crippen molar-refractivity contribution in [2.24, 2.45) is 9.98 Å². The first-order chi connectivity index (χ1) is 20.9. The van der Waals surface area contributed by atoms with Crippen LogP contribution in [-0.2, 0) is 9.59 Å². The zero-order valence-corrected chi connectivity index (χ0v) is 26.8. The maximum absolute atomic E-state index is 15.4. The summed E-state index contributed by atoms with van der Waals surface area (Å²) in [5.41, 5.74) is 2.99. The second kappa shape index (κ2) is 15.4. The molecule has 1 fully saturated rings. The molecule has 1 saturated heterocycles. The summed E-state index contributed by atoms with van der Waals surface area (Å²) in [4.78, 5) is 36.3. The number of halogens is 3. The van der Waals surface area contributed by atoms with E-state index in [9.17, 15) is 9.59 Å². The van der Waals surface area contributed by atoms with Gasteiger partial charge in [-0.1, -0.05) is 29.8 Å². The number of aryl methyl sites for hydroxylation is 1. The number of aliphatic imine (C=N–C) groups is 2. The van der Waals surface area contributed by atoms with Crippen LogP contribution in [0.15, 0.2) is 58.7 Å². The highest BCUT2D eigenvalue weighted by molar-refractivity contribution is 6.39. The molecule has 0 saturated carbocycles. The van der Waals surface area contributed by atoms with Crippen LogP contribution in [-0.4, -0.2) is 69.8 Å². The Bertz CT molecular complexity index is 1520. The molecule has 234 valence electrons. The zero-order chi connectivity index (χ0) is 32.6. The van der Waals surface area contributed by atoms with E-state index in [4.69, 9.17) is 32.7 Å². The molecule has 2 amide bonds. The average molecular weight is 646 g/mol. The molecule has 0 spiro atoms. The lowest BCUT2D eigenvalue weighted by Gasteiger charge is -2.36. The molecule has 1 aliphatic rings. The van der Waals surface area contributed by atoms with Crippen molar-refractivity contribution in [3.63, 3.8) is 0 Å². The number of allylic oxidation sites excluding steroid dienone is 2. The van der Waals surface area contributed by atoms with Gasteiger partial charge >= 0.3 is 0 Å². The molecule has 1 aliphatic heterocycles. The highest BCUT2D eigenvalue weighted by Gasteiger charge is 2.22. The fourth-order valence-corrected chi connectivity index (χ4v) is 5.15. The predicted octanol–water partition coefficient (Wildman–Crippen LogP) is 6.49. The number of methoxy groups -OCH3 is 2. The number of anilines is 3. The van der Waals surface area contributed by atoms with E-state index in [1.165, 1.54) is 38.6 Å². The molecule has 0 unspecified atom stereocenters. The third kappa shape index (κ3) is 8.18. The molecule has 3 rings (SSSR count). The number of nitrogens with one attached hydrogen (secondary N) is 2. The molecule has 10 nitrogen and oxygen atoms in total.